The minimum atomic E-state index is -0.977. The highest BCUT2D eigenvalue weighted by molar-refractivity contribution is 6.30. The lowest BCUT2D eigenvalue weighted by molar-refractivity contribution is -0.142. The maximum atomic E-state index is 11.6. The second kappa shape index (κ2) is 4.75. The van der Waals surface area contributed by atoms with Crippen molar-refractivity contribution in [1.29, 1.82) is 0 Å². The number of likely N-dealkylation sites (tertiary alicyclic amines) is 1. The molecule has 1 saturated heterocycles. The third kappa shape index (κ3) is 2.77. The number of carbonyl (C=O) groups is 2. The van der Waals surface area contributed by atoms with Gasteiger partial charge in [-0.15, -0.1) is 0 Å². The van der Waals surface area contributed by atoms with Gasteiger partial charge in [-0.05, 0) is 17.7 Å². The van der Waals surface area contributed by atoms with Gasteiger partial charge in [0.2, 0.25) is 5.91 Å². The summed E-state index contributed by atoms with van der Waals surface area (Å²) in [4.78, 5) is 23.6. The van der Waals surface area contributed by atoms with Crippen LogP contribution in [0.3, 0.4) is 0 Å². The molecule has 0 saturated carbocycles. The summed E-state index contributed by atoms with van der Waals surface area (Å²) in [6.45, 7) is 0.246. The van der Waals surface area contributed by atoms with Gasteiger partial charge in [-0.2, -0.15) is 0 Å². The van der Waals surface area contributed by atoms with E-state index in [9.17, 15) is 9.59 Å². The van der Waals surface area contributed by atoms with Crippen molar-refractivity contribution in [1.82, 2.24) is 4.90 Å². The number of hydrogen-bond donors (Lipinski definition) is 1. The van der Waals surface area contributed by atoms with Crippen LogP contribution in [-0.4, -0.2) is 35.0 Å². The molecule has 0 radical (unpaired) electrons. The van der Waals surface area contributed by atoms with Crippen LogP contribution in [-0.2, 0) is 9.59 Å². The molecule has 90 valence electrons. The van der Waals surface area contributed by atoms with Crippen LogP contribution in [0.15, 0.2) is 24.3 Å². The summed E-state index contributed by atoms with van der Waals surface area (Å²) in [5.74, 6) is -1.01. The van der Waals surface area contributed by atoms with Crippen LogP contribution >= 0.6 is 11.6 Å². The van der Waals surface area contributed by atoms with E-state index in [0.29, 0.717) is 18.0 Å². The van der Waals surface area contributed by atoms with Gasteiger partial charge in [-0.25, -0.2) is 0 Å². The molecule has 1 heterocycles. The molecule has 2 rings (SSSR count). The second-order valence-corrected chi connectivity index (χ2v) is 4.56. The highest BCUT2D eigenvalue weighted by Crippen LogP contribution is 2.28. The minimum absolute atomic E-state index is 0.0686. The molecule has 5 heteroatoms. The Kier molecular flexibility index (Phi) is 3.33. The second-order valence-electron chi connectivity index (χ2n) is 4.12. The first-order valence-corrected chi connectivity index (χ1v) is 5.69. The third-order valence-corrected chi connectivity index (χ3v) is 3.13. The minimum Gasteiger partial charge on any atom is -0.480 e. The van der Waals surface area contributed by atoms with E-state index in [4.69, 9.17) is 16.7 Å². The Labute approximate surface area is 104 Å². The van der Waals surface area contributed by atoms with Crippen LogP contribution in [0.25, 0.3) is 0 Å². The normalized spacial score (nSPS) is 19.7. The summed E-state index contributed by atoms with van der Waals surface area (Å²) in [5.41, 5.74) is 1.02. The molecule has 1 aromatic carbocycles. The number of nitrogens with zero attached hydrogens (tertiary/aromatic N) is 1. The summed E-state index contributed by atoms with van der Waals surface area (Å²) < 4.78 is 0. The predicted octanol–water partition coefficient (Wildman–Crippen LogP) is 1.74. The molecule has 0 aromatic heterocycles. The van der Waals surface area contributed by atoms with Gasteiger partial charge in [0.1, 0.15) is 6.54 Å². The van der Waals surface area contributed by atoms with Crippen molar-refractivity contribution in [3.63, 3.8) is 0 Å². The molecule has 0 spiro atoms. The molecule has 0 bridgehead atoms. The Morgan fingerprint density at radius 2 is 2.06 bits per heavy atom. The average molecular weight is 254 g/mol. The SMILES string of the molecule is O=C(O)CN1CC(c2ccc(Cl)cc2)CC1=O. The Bertz CT molecular complexity index is 444. The molecule has 0 aliphatic carbocycles. The lowest BCUT2D eigenvalue weighted by Gasteiger charge is -2.13. The number of rotatable bonds is 3. The standard InChI is InChI=1S/C12H12ClNO3/c13-10-3-1-8(2-4-10)9-5-11(15)14(6-9)7-12(16)17/h1-4,9H,5-7H2,(H,16,17). The van der Waals surface area contributed by atoms with Gasteiger partial charge in [0.25, 0.3) is 0 Å². The fourth-order valence-electron chi connectivity index (χ4n) is 2.05. The van der Waals surface area contributed by atoms with Crippen molar-refractivity contribution in [2.45, 2.75) is 12.3 Å². The Morgan fingerprint density at radius 3 is 2.65 bits per heavy atom. The van der Waals surface area contributed by atoms with Gasteiger partial charge in [-0.1, -0.05) is 23.7 Å². The lowest BCUT2D eigenvalue weighted by Crippen LogP contribution is -2.30. The van der Waals surface area contributed by atoms with Gasteiger partial charge < -0.3 is 10.0 Å². The third-order valence-electron chi connectivity index (χ3n) is 2.88. The van der Waals surface area contributed by atoms with E-state index in [1.807, 2.05) is 12.1 Å². The average Bonchev–Trinajstić information content (AvgIpc) is 2.60. The number of hydrogen-bond acceptors (Lipinski definition) is 2. The molecule has 1 aromatic rings. The molecule has 1 atom stereocenters. The topological polar surface area (TPSA) is 57.6 Å². The summed E-state index contributed by atoms with van der Waals surface area (Å²) >= 11 is 5.79. The number of halogens is 1. The van der Waals surface area contributed by atoms with E-state index < -0.39 is 5.97 Å². The fourth-order valence-corrected chi connectivity index (χ4v) is 2.17. The lowest BCUT2D eigenvalue weighted by atomic mass is 9.98. The molecule has 1 amide bonds. The first kappa shape index (κ1) is 11.9. The largest absolute Gasteiger partial charge is 0.480 e. The number of carboxylic acids is 1. The predicted molar refractivity (Wildman–Crippen MR) is 63.0 cm³/mol. The van der Waals surface area contributed by atoms with Crippen molar-refractivity contribution >= 4 is 23.5 Å². The van der Waals surface area contributed by atoms with Crippen LogP contribution in [0.2, 0.25) is 5.02 Å². The van der Waals surface area contributed by atoms with E-state index in [-0.39, 0.29) is 18.4 Å². The Hall–Kier alpha value is -1.55. The van der Waals surface area contributed by atoms with E-state index in [1.54, 1.807) is 12.1 Å². The number of aliphatic carboxylic acids is 1. The Morgan fingerprint density at radius 1 is 1.41 bits per heavy atom. The van der Waals surface area contributed by atoms with Crippen molar-refractivity contribution in [2.24, 2.45) is 0 Å². The quantitative estimate of drug-likeness (QED) is 0.893. The van der Waals surface area contributed by atoms with Gasteiger partial charge in [0, 0.05) is 23.9 Å². The molecule has 1 fully saturated rings. The maximum absolute atomic E-state index is 11.6. The number of carbonyl (C=O) groups excluding carboxylic acids is 1. The highest BCUT2D eigenvalue weighted by atomic mass is 35.5. The monoisotopic (exact) mass is 253 g/mol. The van der Waals surface area contributed by atoms with E-state index in [1.165, 1.54) is 4.90 Å². The first-order chi connectivity index (χ1) is 8.06. The van der Waals surface area contributed by atoms with Crippen molar-refractivity contribution in [3.8, 4) is 0 Å². The maximum Gasteiger partial charge on any atom is 0.323 e. The van der Waals surface area contributed by atoms with Crippen LogP contribution in [0.1, 0.15) is 17.9 Å². The van der Waals surface area contributed by atoms with Crippen molar-refractivity contribution in [3.05, 3.63) is 34.9 Å². The number of benzene rings is 1. The molecular formula is C12H12ClNO3. The molecule has 1 aliphatic heterocycles. The van der Waals surface area contributed by atoms with E-state index >= 15 is 0 Å². The van der Waals surface area contributed by atoms with Crippen LogP contribution in [0, 0.1) is 0 Å². The summed E-state index contributed by atoms with van der Waals surface area (Å²) in [5, 5.41) is 9.33. The smallest absolute Gasteiger partial charge is 0.323 e. The molecule has 4 nitrogen and oxygen atoms in total. The number of carboxylic acid groups (broad SMARTS) is 1. The van der Waals surface area contributed by atoms with E-state index in [0.717, 1.165) is 5.56 Å². The molecular weight excluding hydrogens is 242 g/mol. The van der Waals surface area contributed by atoms with Gasteiger partial charge in [0.15, 0.2) is 0 Å². The molecule has 1 N–H and O–H groups in total. The van der Waals surface area contributed by atoms with E-state index in [2.05, 4.69) is 0 Å². The summed E-state index contributed by atoms with van der Waals surface area (Å²) in [6.07, 6.45) is 0.370. The fraction of sp³-hybridized carbons (Fsp3) is 0.333. The van der Waals surface area contributed by atoms with Crippen molar-refractivity contribution in [2.75, 3.05) is 13.1 Å². The van der Waals surface area contributed by atoms with Crippen LogP contribution in [0.4, 0.5) is 0 Å². The van der Waals surface area contributed by atoms with Gasteiger partial charge in [0.05, 0.1) is 0 Å². The van der Waals surface area contributed by atoms with Gasteiger partial charge in [-0.3, -0.25) is 9.59 Å². The molecule has 1 unspecified atom stereocenters. The zero-order valence-corrected chi connectivity index (χ0v) is 9.85. The molecule has 17 heavy (non-hydrogen) atoms. The van der Waals surface area contributed by atoms with Crippen LogP contribution < -0.4 is 0 Å². The van der Waals surface area contributed by atoms with Crippen molar-refractivity contribution < 1.29 is 14.7 Å². The highest BCUT2D eigenvalue weighted by Gasteiger charge is 2.31. The van der Waals surface area contributed by atoms with Crippen LogP contribution in [0.5, 0.6) is 0 Å². The molecule has 1 aliphatic rings. The Balaban J connectivity index is 2.08. The zero-order valence-electron chi connectivity index (χ0n) is 9.10. The first-order valence-electron chi connectivity index (χ1n) is 5.31. The summed E-state index contributed by atoms with van der Waals surface area (Å²) in [7, 11) is 0. The van der Waals surface area contributed by atoms with Gasteiger partial charge >= 0.3 is 5.97 Å². The number of amides is 1. The summed E-state index contributed by atoms with van der Waals surface area (Å²) in [6, 6.07) is 7.32. The zero-order chi connectivity index (χ0) is 12.4.